The Morgan fingerprint density at radius 1 is 1.17 bits per heavy atom. The Labute approximate surface area is 148 Å². The molecular formula is C19H23ClN4. The third kappa shape index (κ3) is 3.45. The lowest BCUT2D eigenvalue weighted by Crippen LogP contribution is -2.31. The minimum absolute atomic E-state index is 0.580. The highest BCUT2D eigenvalue weighted by Crippen LogP contribution is 2.31. The summed E-state index contributed by atoms with van der Waals surface area (Å²) in [7, 11) is 0. The Balaban J connectivity index is 1.46. The normalized spacial score (nSPS) is 19.2. The Bertz CT molecular complexity index is 712. The van der Waals surface area contributed by atoms with Crippen LogP contribution in [0.5, 0.6) is 0 Å². The van der Waals surface area contributed by atoms with Crippen molar-refractivity contribution in [1.82, 2.24) is 19.9 Å². The lowest BCUT2D eigenvalue weighted by Gasteiger charge is -2.29. The maximum Gasteiger partial charge on any atom is 0.131 e. The monoisotopic (exact) mass is 342 g/mol. The van der Waals surface area contributed by atoms with Crippen molar-refractivity contribution in [2.45, 2.75) is 57.5 Å². The molecule has 0 atom stereocenters. The third-order valence-electron chi connectivity index (χ3n) is 5.24. The first-order valence-electron chi connectivity index (χ1n) is 8.95. The van der Waals surface area contributed by atoms with Crippen LogP contribution in [-0.2, 0) is 19.5 Å². The summed E-state index contributed by atoms with van der Waals surface area (Å²) >= 11 is 6.26. The predicted molar refractivity (Wildman–Crippen MR) is 94.9 cm³/mol. The van der Waals surface area contributed by atoms with Gasteiger partial charge in [0.2, 0.25) is 0 Å². The van der Waals surface area contributed by atoms with Crippen LogP contribution < -0.4 is 0 Å². The van der Waals surface area contributed by atoms with Gasteiger partial charge in [-0.25, -0.2) is 9.97 Å². The highest BCUT2D eigenvalue weighted by molar-refractivity contribution is 6.31. The van der Waals surface area contributed by atoms with Gasteiger partial charge in [-0.3, -0.25) is 9.88 Å². The number of halogens is 1. The highest BCUT2D eigenvalue weighted by Gasteiger charge is 2.23. The molecule has 0 radical (unpaired) electrons. The van der Waals surface area contributed by atoms with Gasteiger partial charge < -0.3 is 0 Å². The van der Waals surface area contributed by atoms with Crippen LogP contribution in [0.1, 0.15) is 60.7 Å². The van der Waals surface area contributed by atoms with Gasteiger partial charge in [-0.2, -0.15) is 0 Å². The van der Waals surface area contributed by atoms with Crippen molar-refractivity contribution in [3.05, 3.63) is 52.3 Å². The lowest BCUT2D eigenvalue weighted by molar-refractivity contribution is 0.242. The van der Waals surface area contributed by atoms with Gasteiger partial charge in [0, 0.05) is 72.4 Å². The molecule has 5 heteroatoms. The zero-order valence-electron chi connectivity index (χ0n) is 13.9. The van der Waals surface area contributed by atoms with E-state index < -0.39 is 0 Å². The molecule has 1 aliphatic carbocycles. The molecule has 0 N–H and O–H groups in total. The Kier molecular flexibility index (Phi) is 4.76. The third-order valence-corrected chi connectivity index (χ3v) is 5.61. The second kappa shape index (κ2) is 7.16. The van der Waals surface area contributed by atoms with Gasteiger partial charge in [-0.05, 0) is 18.9 Å². The molecule has 4 rings (SSSR count). The first-order chi connectivity index (χ1) is 11.8. The molecule has 2 aromatic heterocycles. The lowest BCUT2D eigenvalue weighted by atomic mass is 9.88. The van der Waals surface area contributed by atoms with E-state index >= 15 is 0 Å². The molecule has 4 nitrogen and oxygen atoms in total. The molecule has 1 fully saturated rings. The van der Waals surface area contributed by atoms with Gasteiger partial charge in [-0.1, -0.05) is 30.9 Å². The van der Waals surface area contributed by atoms with Gasteiger partial charge in [0.15, 0.2) is 0 Å². The van der Waals surface area contributed by atoms with Crippen LogP contribution in [0.2, 0.25) is 5.02 Å². The fourth-order valence-electron chi connectivity index (χ4n) is 3.85. The fourth-order valence-corrected chi connectivity index (χ4v) is 4.01. The average Bonchev–Trinajstić information content (AvgIpc) is 2.64. The molecule has 2 aromatic rings. The summed E-state index contributed by atoms with van der Waals surface area (Å²) in [5, 5.41) is 0.791. The van der Waals surface area contributed by atoms with E-state index in [0.717, 1.165) is 42.5 Å². The van der Waals surface area contributed by atoms with Crippen molar-refractivity contribution < 1.29 is 0 Å². The summed E-state index contributed by atoms with van der Waals surface area (Å²) in [6.07, 6.45) is 13.2. The molecule has 0 saturated heterocycles. The van der Waals surface area contributed by atoms with Crippen LogP contribution in [-0.4, -0.2) is 26.4 Å². The van der Waals surface area contributed by atoms with Gasteiger partial charge in [0.1, 0.15) is 5.82 Å². The summed E-state index contributed by atoms with van der Waals surface area (Å²) in [5.41, 5.74) is 3.60. The summed E-state index contributed by atoms with van der Waals surface area (Å²) in [6.45, 7) is 2.74. The molecule has 0 bridgehead atoms. The molecular weight excluding hydrogens is 320 g/mol. The highest BCUT2D eigenvalue weighted by atomic mass is 35.5. The van der Waals surface area contributed by atoms with Gasteiger partial charge >= 0.3 is 0 Å². The minimum Gasteiger partial charge on any atom is -0.294 e. The van der Waals surface area contributed by atoms with Crippen molar-refractivity contribution in [3.8, 4) is 0 Å². The van der Waals surface area contributed by atoms with Crippen LogP contribution in [0.4, 0.5) is 0 Å². The van der Waals surface area contributed by atoms with Crippen molar-refractivity contribution >= 4 is 11.6 Å². The maximum absolute atomic E-state index is 6.26. The van der Waals surface area contributed by atoms with E-state index in [1.807, 2.05) is 12.3 Å². The molecule has 24 heavy (non-hydrogen) atoms. The molecule has 1 aliphatic heterocycles. The van der Waals surface area contributed by atoms with Crippen LogP contribution in [0.25, 0.3) is 0 Å². The Morgan fingerprint density at radius 2 is 2.04 bits per heavy atom. The summed E-state index contributed by atoms with van der Waals surface area (Å²) in [5.74, 6) is 1.66. The van der Waals surface area contributed by atoms with E-state index in [0.29, 0.717) is 5.92 Å². The first-order valence-corrected chi connectivity index (χ1v) is 9.33. The summed E-state index contributed by atoms with van der Waals surface area (Å²) in [4.78, 5) is 16.2. The van der Waals surface area contributed by atoms with Gasteiger partial charge in [0.05, 0.1) is 0 Å². The van der Waals surface area contributed by atoms with E-state index in [1.54, 1.807) is 6.20 Å². The number of nitrogens with zero attached hydrogens (tertiary/aromatic N) is 4. The molecule has 0 aromatic carbocycles. The summed E-state index contributed by atoms with van der Waals surface area (Å²) in [6, 6.07) is 1.86. The smallest absolute Gasteiger partial charge is 0.131 e. The largest absolute Gasteiger partial charge is 0.294 e. The topological polar surface area (TPSA) is 41.9 Å². The molecule has 3 heterocycles. The Hall–Kier alpha value is -1.52. The van der Waals surface area contributed by atoms with Crippen LogP contribution >= 0.6 is 11.6 Å². The first kappa shape index (κ1) is 16.0. The average molecular weight is 343 g/mol. The molecule has 126 valence electrons. The van der Waals surface area contributed by atoms with Gasteiger partial charge in [-0.15, -0.1) is 0 Å². The standard InChI is InChI=1S/C19H23ClN4/c20-17-6-8-21-10-15(17)12-24-9-7-18-16(13-24)11-22-19(23-18)14-4-2-1-3-5-14/h6,8,10-11,14H,1-5,7,9,12-13H2. The number of rotatable bonds is 3. The van der Waals surface area contributed by atoms with Crippen molar-refractivity contribution in [3.63, 3.8) is 0 Å². The zero-order valence-corrected chi connectivity index (χ0v) is 14.7. The number of hydrogen-bond acceptors (Lipinski definition) is 4. The van der Waals surface area contributed by atoms with E-state index in [4.69, 9.17) is 21.6 Å². The van der Waals surface area contributed by atoms with E-state index in [9.17, 15) is 0 Å². The molecule has 2 aliphatic rings. The predicted octanol–water partition coefficient (Wildman–Crippen LogP) is 4.13. The second-order valence-electron chi connectivity index (χ2n) is 6.96. The van der Waals surface area contributed by atoms with Crippen molar-refractivity contribution in [2.24, 2.45) is 0 Å². The van der Waals surface area contributed by atoms with Crippen molar-refractivity contribution in [2.75, 3.05) is 6.54 Å². The van der Waals surface area contributed by atoms with Gasteiger partial charge in [0.25, 0.3) is 0 Å². The van der Waals surface area contributed by atoms with E-state index in [-0.39, 0.29) is 0 Å². The molecule has 0 amide bonds. The summed E-state index contributed by atoms with van der Waals surface area (Å²) < 4.78 is 0. The quantitative estimate of drug-likeness (QED) is 0.841. The van der Waals surface area contributed by atoms with Crippen LogP contribution in [0, 0.1) is 0 Å². The van der Waals surface area contributed by atoms with Crippen molar-refractivity contribution in [1.29, 1.82) is 0 Å². The molecule has 1 saturated carbocycles. The zero-order chi connectivity index (χ0) is 16.4. The Morgan fingerprint density at radius 3 is 2.88 bits per heavy atom. The van der Waals surface area contributed by atoms with E-state index in [2.05, 4.69) is 16.1 Å². The van der Waals surface area contributed by atoms with Crippen LogP contribution in [0.3, 0.4) is 0 Å². The number of aromatic nitrogens is 3. The minimum atomic E-state index is 0.580. The maximum atomic E-state index is 6.26. The van der Waals surface area contributed by atoms with E-state index in [1.165, 1.54) is 43.4 Å². The molecule has 0 unspecified atom stereocenters. The number of pyridine rings is 1. The molecule has 0 spiro atoms. The second-order valence-corrected chi connectivity index (χ2v) is 7.37. The SMILES string of the molecule is Clc1ccncc1CN1CCc2nc(C3CCCCC3)ncc2C1. The number of fused-ring (bicyclic) bond motifs is 1. The fraction of sp³-hybridized carbons (Fsp3) is 0.526. The van der Waals surface area contributed by atoms with Crippen LogP contribution in [0.15, 0.2) is 24.7 Å². The number of hydrogen-bond donors (Lipinski definition) is 0.